The Morgan fingerprint density at radius 2 is 2.17 bits per heavy atom. The molecule has 1 aromatic rings. The standard InChI is InChI=1S/C18H26N2O4/c21-18(20-6-1-2-8-24-20)15-5-10-23-17-3-7-19(12-16(15)17)11-14-4-9-22-13-14/h4,9,13,15-17H,1-3,5-8,10-12H2/t15-,16+,17-/m1/s1. The Kier molecular flexibility index (Phi) is 4.87. The number of rotatable bonds is 3. The highest BCUT2D eigenvalue weighted by Gasteiger charge is 2.43. The van der Waals surface area contributed by atoms with Crippen molar-refractivity contribution in [3.05, 3.63) is 24.2 Å². The number of fused-ring (bicyclic) bond motifs is 1. The number of amides is 1. The minimum atomic E-state index is 0.0222. The van der Waals surface area contributed by atoms with Gasteiger partial charge >= 0.3 is 0 Å². The third kappa shape index (κ3) is 3.36. The SMILES string of the molecule is O=C([C@@H]1CCO[C@@H]2CCN(Cc3ccoc3)C[C@H]21)N1CCCCO1. The molecule has 4 heterocycles. The Morgan fingerprint density at radius 1 is 1.21 bits per heavy atom. The van der Waals surface area contributed by atoms with Crippen LogP contribution in [0.25, 0.3) is 0 Å². The summed E-state index contributed by atoms with van der Waals surface area (Å²) < 4.78 is 11.1. The van der Waals surface area contributed by atoms with Crippen molar-refractivity contribution in [2.24, 2.45) is 11.8 Å². The van der Waals surface area contributed by atoms with Gasteiger partial charge in [0.05, 0.1) is 25.2 Å². The average Bonchev–Trinajstić information content (AvgIpc) is 3.14. The average molecular weight is 334 g/mol. The molecule has 3 aliphatic heterocycles. The minimum Gasteiger partial charge on any atom is -0.472 e. The zero-order chi connectivity index (χ0) is 16.4. The number of carbonyl (C=O) groups is 1. The van der Waals surface area contributed by atoms with Gasteiger partial charge in [0.2, 0.25) is 5.91 Å². The van der Waals surface area contributed by atoms with E-state index in [0.29, 0.717) is 13.2 Å². The van der Waals surface area contributed by atoms with E-state index in [1.54, 1.807) is 17.6 Å². The lowest BCUT2D eigenvalue weighted by Gasteiger charge is -2.45. The topological polar surface area (TPSA) is 55.2 Å². The van der Waals surface area contributed by atoms with E-state index in [9.17, 15) is 4.79 Å². The summed E-state index contributed by atoms with van der Waals surface area (Å²) >= 11 is 0. The third-order valence-corrected chi connectivity index (χ3v) is 5.51. The molecule has 0 N–H and O–H groups in total. The van der Waals surface area contributed by atoms with E-state index in [-0.39, 0.29) is 23.8 Å². The molecular weight excluding hydrogens is 308 g/mol. The lowest BCUT2D eigenvalue weighted by molar-refractivity contribution is -0.209. The first-order valence-electron chi connectivity index (χ1n) is 9.10. The van der Waals surface area contributed by atoms with E-state index in [2.05, 4.69) is 4.90 Å². The summed E-state index contributed by atoms with van der Waals surface area (Å²) in [6.45, 7) is 4.86. The lowest BCUT2D eigenvalue weighted by Crippen LogP contribution is -2.54. The van der Waals surface area contributed by atoms with E-state index < -0.39 is 0 Å². The highest BCUT2D eigenvalue weighted by atomic mass is 16.7. The van der Waals surface area contributed by atoms with Crippen LogP contribution < -0.4 is 0 Å². The van der Waals surface area contributed by atoms with Gasteiger partial charge in [-0.3, -0.25) is 14.5 Å². The normalized spacial score (nSPS) is 31.7. The van der Waals surface area contributed by atoms with E-state index in [1.807, 2.05) is 6.07 Å². The predicted octanol–water partition coefficient (Wildman–Crippen LogP) is 2.06. The number of piperidine rings is 1. The van der Waals surface area contributed by atoms with Crippen molar-refractivity contribution in [3.63, 3.8) is 0 Å². The van der Waals surface area contributed by atoms with Crippen LogP contribution in [0.5, 0.6) is 0 Å². The Bertz CT molecular complexity index is 541. The van der Waals surface area contributed by atoms with Gasteiger partial charge in [-0.05, 0) is 31.7 Å². The highest BCUT2D eigenvalue weighted by Crippen LogP contribution is 2.35. The molecule has 4 rings (SSSR count). The fraction of sp³-hybridized carbons (Fsp3) is 0.722. The zero-order valence-corrected chi connectivity index (χ0v) is 14.1. The maximum Gasteiger partial charge on any atom is 0.249 e. The number of likely N-dealkylation sites (tertiary alicyclic amines) is 1. The fourth-order valence-electron chi connectivity index (χ4n) is 4.23. The van der Waals surface area contributed by atoms with Crippen molar-refractivity contribution < 1.29 is 18.8 Å². The summed E-state index contributed by atoms with van der Waals surface area (Å²) in [6.07, 6.45) is 7.60. The summed E-state index contributed by atoms with van der Waals surface area (Å²) in [5.74, 6) is 0.449. The van der Waals surface area contributed by atoms with E-state index in [4.69, 9.17) is 14.0 Å². The summed E-state index contributed by atoms with van der Waals surface area (Å²) in [5, 5.41) is 1.62. The molecule has 3 fully saturated rings. The fourth-order valence-corrected chi connectivity index (χ4v) is 4.23. The van der Waals surface area contributed by atoms with Gasteiger partial charge < -0.3 is 9.15 Å². The van der Waals surface area contributed by atoms with Crippen LogP contribution in [0.2, 0.25) is 0 Å². The first kappa shape index (κ1) is 16.1. The van der Waals surface area contributed by atoms with E-state index >= 15 is 0 Å². The Hall–Kier alpha value is -1.37. The molecule has 132 valence electrons. The summed E-state index contributed by atoms with van der Waals surface area (Å²) in [4.78, 5) is 21.0. The number of hydrogen-bond acceptors (Lipinski definition) is 5. The maximum absolute atomic E-state index is 12.9. The van der Waals surface area contributed by atoms with Gasteiger partial charge in [-0.1, -0.05) is 0 Å². The molecule has 0 bridgehead atoms. The van der Waals surface area contributed by atoms with Crippen LogP contribution in [0.4, 0.5) is 0 Å². The van der Waals surface area contributed by atoms with Crippen molar-refractivity contribution in [1.82, 2.24) is 9.96 Å². The number of hydroxylamine groups is 2. The van der Waals surface area contributed by atoms with Crippen LogP contribution in [0, 0.1) is 11.8 Å². The van der Waals surface area contributed by atoms with E-state index in [1.165, 1.54) is 5.56 Å². The minimum absolute atomic E-state index is 0.0222. The molecular formula is C18H26N2O4. The molecule has 0 aliphatic carbocycles. The van der Waals surface area contributed by atoms with Gasteiger partial charge in [0.25, 0.3) is 0 Å². The molecule has 24 heavy (non-hydrogen) atoms. The maximum atomic E-state index is 12.9. The summed E-state index contributed by atoms with van der Waals surface area (Å²) in [7, 11) is 0. The Morgan fingerprint density at radius 3 is 2.96 bits per heavy atom. The first-order valence-corrected chi connectivity index (χ1v) is 9.10. The zero-order valence-electron chi connectivity index (χ0n) is 14.1. The summed E-state index contributed by atoms with van der Waals surface area (Å²) in [6, 6.07) is 2.01. The molecule has 1 amide bonds. The second-order valence-corrected chi connectivity index (χ2v) is 7.10. The van der Waals surface area contributed by atoms with Crippen molar-refractivity contribution in [3.8, 4) is 0 Å². The second kappa shape index (κ2) is 7.25. The van der Waals surface area contributed by atoms with Crippen LogP contribution in [-0.2, 0) is 20.9 Å². The summed E-state index contributed by atoms with van der Waals surface area (Å²) in [5.41, 5.74) is 1.19. The lowest BCUT2D eigenvalue weighted by atomic mass is 9.78. The van der Waals surface area contributed by atoms with Crippen molar-refractivity contribution in [2.75, 3.05) is 32.8 Å². The van der Waals surface area contributed by atoms with Gasteiger partial charge in [0.15, 0.2) is 0 Å². The molecule has 3 atom stereocenters. The smallest absolute Gasteiger partial charge is 0.249 e. The largest absolute Gasteiger partial charge is 0.472 e. The molecule has 1 aromatic heterocycles. The van der Waals surface area contributed by atoms with Crippen LogP contribution in [-0.4, -0.2) is 54.8 Å². The molecule has 0 aromatic carbocycles. The molecule has 3 aliphatic rings. The molecule has 3 saturated heterocycles. The van der Waals surface area contributed by atoms with E-state index in [0.717, 1.165) is 51.9 Å². The number of furan rings is 1. The van der Waals surface area contributed by atoms with Gasteiger partial charge in [0, 0.05) is 50.2 Å². The van der Waals surface area contributed by atoms with Crippen LogP contribution in [0.15, 0.2) is 23.0 Å². The monoisotopic (exact) mass is 334 g/mol. The predicted molar refractivity (Wildman–Crippen MR) is 86.8 cm³/mol. The second-order valence-electron chi connectivity index (χ2n) is 7.10. The van der Waals surface area contributed by atoms with Crippen LogP contribution in [0.3, 0.4) is 0 Å². The van der Waals surface area contributed by atoms with Gasteiger partial charge in [0.1, 0.15) is 0 Å². The van der Waals surface area contributed by atoms with Crippen LogP contribution in [0.1, 0.15) is 31.2 Å². The van der Waals surface area contributed by atoms with Crippen molar-refractivity contribution >= 4 is 5.91 Å². The first-order chi connectivity index (χ1) is 11.8. The third-order valence-electron chi connectivity index (χ3n) is 5.51. The molecule has 6 heteroatoms. The Balaban J connectivity index is 1.43. The van der Waals surface area contributed by atoms with Crippen LogP contribution >= 0.6 is 0 Å². The number of nitrogens with zero attached hydrogens (tertiary/aromatic N) is 2. The van der Waals surface area contributed by atoms with Gasteiger partial charge in [-0.2, -0.15) is 0 Å². The molecule has 0 spiro atoms. The molecule has 0 unspecified atom stereocenters. The van der Waals surface area contributed by atoms with Gasteiger partial charge in [-0.15, -0.1) is 0 Å². The quantitative estimate of drug-likeness (QED) is 0.847. The molecule has 6 nitrogen and oxygen atoms in total. The van der Waals surface area contributed by atoms with Gasteiger partial charge in [-0.25, -0.2) is 5.06 Å². The molecule has 0 saturated carbocycles. The van der Waals surface area contributed by atoms with Crippen molar-refractivity contribution in [1.29, 1.82) is 0 Å². The number of hydrogen-bond donors (Lipinski definition) is 0. The highest BCUT2D eigenvalue weighted by molar-refractivity contribution is 5.78. The molecule has 0 radical (unpaired) electrons. The number of ether oxygens (including phenoxy) is 1. The van der Waals surface area contributed by atoms with Crippen molar-refractivity contribution in [2.45, 2.75) is 38.3 Å². The number of carbonyl (C=O) groups excluding carboxylic acids is 1. The Labute approximate surface area is 142 Å².